The van der Waals surface area contributed by atoms with E-state index in [1.807, 2.05) is 0 Å². The van der Waals surface area contributed by atoms with Crippen LogP contribution in [0.15, 0.2) is 24.8 Å². The van der Waals surface area contributed by atoms with E-state index in [1.54, 1.807) is 18.2 Å². The molecular formula is C35H54F2. The summed E-state index contributed by atoms with van der Waals surface area (Å²) in [5, 5.41) is 0. The first-order valence-corrected chi connectivity index (χ1v) is 16.2. The first-order valence-electron chi connectivity index (χ1n) is 16.2. The van der Waals surface area contributed by atoms with Gasteiger partial charge in [0, 0.05) is 5.56 Å². The molecule has 0 saturated heterocycles. The van der Waals surface area contributed by atoms with Crippen molar-refractivity contribution in [2.45, 2.75) is 141 Å². The van der Waals surface area contributed by atoms with Gasteiger partial charge in [-0.2, -0.15) is 0 Å². The number of hydrogen-bond acceptors (Lipinski definition) is 0. The monoisotopic (exact) mass is 512 g/mol. The predicted molar refractivity (Wildman–Crippen MR) is 154 cm³/mol. The van der Waals surface area contributed by atoms with Gasteiger partial charge in [0.2, 0.25) is 0 Å². The first-order chi connectivity index (χ1) is 18.1. The zero-order valence-electron chi connectivity index (χ0n) is 23.8. The Morgan fingerprint density at radius 2 is 1.32 bits per heavy atom. The molecule has 4 atom stereocenters. The standard InChI is InChI=1S/C35H54F2/c1-3-5-7-8-9-10-26-12-14-27(15-13-26)16-17-28-18-19-30-23-31(21-20-29(30)22-28)32-24-34(36)33(11-6-4-2)35(37)25-32/h4,24-31H,2-3,5-23H2,1H3. The lowest BCUT2D eigenvalue weighted by Crippen LogP contribution is -2.31. The van der Waals surface area contributed by atoms with E-state index >= 15 is 0 Å². The average molecular weight is 513 g/mol. The molecule has 0 nitrogen and oxygen atoms in total. The molecule has 0 aliphatic heterocycles. The molecule has 0 radical (unpaired) electrons. The topological polar surface area (TPSA) is 0 Å². The fraction of sp³-hybridized carbons (Fsp3) is 0.771. The molecule has 0 N–H and O–H groups in total. The van der Waals surface area contributed by atoms with Crippen molar-refractivity contribution in [2.75, 3.05) is 0 Å². The van der Waals surface area contributed by atoms with Crippen molar-refractivity contribution in [3.63, 3.8) is 0 Å². The largest absolute Gasteiger partial charge is 0.207 e. The normalized spacial score (nSPS) is 30.1. The van der Waals surface area contributed by atoms with E-state index in [9.17, 15) is 8.78 Å². The Morgan fingerprint density at radius 3 is 2.03 bits per heavy atom. The van der Waals surface area contributed by atoms with Gasteiger partial charge in [0.25, 0.3) is 0 Å². The summed E-state index contributed by atoms with van der Waals surface area (Å²) in [5.41, 5.74) is 1.13. The Morgan fingerprint density at radius 1 is 0.730 bits per heavy atom. The predicted octanol–water partition coefficient (Wildman–Crippen LogP) is 11.3. The van der Waals surface area contributed by atoms with E-state index < -0.39 is 0 Å². The molecule has 3 aliphatic carbocycles. The molecule has 0 amide bonds. The summed E-state index contributed by atoms with van der Waals surface area (Å²) in [6.45, 7) is 5.98. The van der Waals surface area contributed by atoms with Crippen molar-refractivity contribution < 1.29 is 8.78 Å². The summed E-state index contributed by atoms with van der Waals surface area (Å²) in [6, 6.07) is 3.28. The summed E-state index contributed by atoms with van der Waals surface area (Å²) in [6.07, 6.45) is 27.8. The molecule has 3 fully saturated rings. The minimum atomic E-state index is -0.358. The maximum Gasteiger partial charge on any atom is 0.129 e. The van der Waals surface area contributed by atoms with Crippen LogP contribution >= 0.6 is 0 Å². The molecule has 3 aliphatic rings. The van der Waals surface area contributed by atoms with Crippen molar-refractivity contribution in [1.29, 1.82) is 0 Å². The molecule has 3 saturated carbocycles. The van der Waals surface area contributed by atoms with Gasteiger partial charge in [-0.1, -0.05) is 96.5 Å². The van der Waals surface area contributed by atoms with Crippen LogP contribution in [0, 0.1) is 41.2 Å². The highest BCUT2D eigenvalue weighted by molar-refractivity contribution is 5.29. The lowest BCUT2D eigenvalue weighted by Gasteiger charge is -2.43. The number of halogens is 2. The Kier molecular flexibility index (Phi) is 11.6. The van der Waals surface area contributed by atoms with Gasteiger partial charge in [-0.05, 0) is 98.1 Å². The molecule has 4 unspecified atom stereocenters. The van der Waals surface area contributed by atoms with Gasteiger partial charge in [0.05, 0.1) is 0 Å². The zero-order valence-corrected chi connectivity index (χ0v) is 23.8. The van der Waals surface area contributed by atoms with E-state index in [4.69, 9.17) is 0 Å². The van der Waals surface area contributed by atoms with Gasteiger partial charge in [0.15, 0.2) is 0 Å². The van der Waals surface area contributed by atoms with Crippen molar-refractivity contribution in [1.82, 2.24) is 0 Å². The summed E-state index contributed by atoms with van der Waals surface area (Å²) in [7, 11) is 0. The van der Waals surface area contributed by atoms with Crippen LogP contribution in [0.4, 0.5) is 8.78 Å². The average Bonchev–Trinajstić information content (AvgIpc) is 2.91. The van der Waals surface area contributed by atoms with E-state index in [2.05, 4.69) is 13.5 Å². The second kappa shape index (κ2) is 14.8. The third-order valence-corrected chi connectivity index (χ3v) is 10.6. The van der Waals surface area contributed by atoms with Gasteiger partial charge in [0.1, 0.15) is 11.6 Å². The molecule has 37 heavy (non-hydrogen) atoms. The summed E-state index contributed by atoms with van der Waals surface area (Å²) < 4.78 is 29.3. The van der Waals surface area contributed by atoms with Crippen LogP contribution in [0.3, 0.4) is 0 Å². The van der Waals surface area contributed by atoms with Gasteiger partial charge in [-0.25, -0.2) is 8.78 Å². The molecular weight excluding hydrogens is 458 g/mol. The highest BCUT2D eigenvalue weighted by Crippen LogP contribution is 2.49. The van der Waals surface area contributed by atoms with Crippen LogP contribution in [-0.2, 0) is 6.42 Å². The van der Waals surface area contributed by atoms with Crippen LogP contribution in [0.2, 0.25) is 0 Å². The molecule has 0 spiro atoms. The van der Waals surface area contributed by atoms with Crippen molar-refractivity contribution in [2.24, 2.45) is 29.6 Å². The van der Waals surface area contributed by atoms with Gasteiger partial charge in [-0.3, -0.25) is 0 Å². The van der Waals surface area contributed by atoms with Gasteiger partial charge in [-0.15, -0.1) is 6.58 Å². The molecule has 1 aromatic carbocycles. The second-order valence-corrected chi connectivity index (χ2v) is 13.2. The summed E-state index contributed by atoms with van der Waals surface area (Å²) in [4.78, 5) is 0. The Hall–Kier alpha value is -1.18. The Labute approximate surface area is 227 Å². The lowest BCUT2D eigenvalue weighted by atomic mass is 9.63. The number of unbranched alkanes of at least 4 members (excludes halogenated alkanes) is 4. The van der Waals surface area contributed by atoms with E-state index in [0.717, 1.165) is 48.0 Å². The Balaban J connectivity index is 1.16. The van der Waals surface area contributed by atoms with Crippen LogP contribution < -0.4 is 0 Å². The molecule has 4 rings (SSSR count). The summed E-state index contributed by atoms with van der Waals surface area (Å²) >= 11 is 0. The number of allylic oxidation sites excluding steroid dienone is 1. The number of hydrogen-bond donors (Lipinski definition) is 0. The van der Waals surface area contributed by atoms with Crippen molar-refractivity contribution in [3.05, 3.63) is 47.5 Å². The maximum absolute atomic E-state index is 14.7. The van der Waals surface area contributed by atoms with Crippen molar-refractivity contribution >= 4 is 0 Å². The number of fused-ring (bicyclic) bond motifs is 1. The van der Waals surface area contributed by atoms with E-state index in [0.29, 0.717) is 18.8 Å². The third kappa shape index (κ3) is 8.40. The minimum absolute atomic E-state index is 0.230. The molecule has 208 valence electrons. The Bertz CT molecular complexity index is 798. The molecule has 1 aromatic rings. The van der Waals surface area contributed by atoms with Gasteiger partial charge < -0.3 is 0 Å². The SMILES string of the molecule is C=CCCc1c(F)cc(C2CCC3CC(CCC4CCC(CCCCCCC)CC4)CCC3C2)cc1F. The second-order valence-electron chi connectivity index (χ2n) is 13.2. The van der Waals surface area contributed by atoms with Crippen LogP contribution in [0.25, 0.3) is 0 Å². The maximum atomic E-state index is 14.7. The zero-order chi connectivity index (χ0) is 26.0. The minimum Gasteiger partial charge on any atom is -0.207 e. The lowest BCUT2D eigenvalue weighted by molar-refractivity contribution is 0.108. The summed E-state index contributed by atoms with van der Waals surface area (Å²) in [5.74, 6) is 4.16. The highest BCUT2D eigenvalue weighted by Gasteiger charge is 2.36. The van der Waals surface area contributed by atoms with Crippen LogP contribution in [0.5, 0.6) is 0 Å². The first kappa shape index (κ1) is 28.8. The van der Waals surface area contributed by atoms with Gasteiger partial charge >= 0.3 is 0 Å². The molecule has 0 aromatic heterocycles. The molecule has 2 heteroatoms. The molecule has 0 heterocycles. The number of rotatable bonds is 13. The number of benzene rings is 1. The fourth-order valence-electron chi connectivity index (χ4n) is 8.21. The van der Waals surface area contributed by atoms with Crippen LogP contribution in [0.1, 0.15) is 146 Å². The van der Waals surface area contributed by atoms with Crippen molar-refractivity contribution in [3.8, 4) is 0 Å². The highest BCUT2D eigenvalue weighted by atomic mass is 19.1. The van der Waals surface area contributed by atoms with E-state index in [-0.39, 0.29) is 17.2 Å². The molecule has 0 bridgehead atoms. The smallest absolute Gasteiger partial charge is 0.129 e. The third-order valence-electron chi connectivity index (χ3n) is 10.6. The fourth-order valence-corrected chi connectivity index (χ4v) is 8.21. The van der Waals surface area contributed by atoms with Crippen LogP contribution in [-0.4, -0.2) is 0 Å². The van der Waals surface area contributed by atoms with E-state index in [1.165, 1.54) is 103 Å². The quantitative estimate of drug-likeness (QED) is 0.182.